The summed E-state index contributed by atoms with van der Waals surface area (Å²) in [5, 5.41) is 2.44. The topological polar surface area (TPSA) is 75.0 Å². The Morgan fingerprint density at radius 2 is 1.63 bits per heavy atom. The van der Waals surface area contributed by atoms with Gasteiger partial charge in [-0.05, 0) is 55.4 Å². The second-order valence-corrected chi connectivity index (χ2v) is 10.4. The van der Waals surface area contributed by atoms with Gasteiger partial charge in [-0.2, -0.15) is 13.2 Å². The molecule has 0 atom stereocenters. The summed E-state index contributed by atoms with van der Waals surface area (Å²) in [5.41, 5.74) is -1.24. The standard InChI is InChI=1S/C25H29F3N4O3/c1-23(2,3)21(33)19-7-8-20-24(30(4)13-14-32(19)20)9-11-31(12-10-24)22(34)16-5-6-18(29-35)17(15-16)25(26,27)28/h5-8,15H,9-14H2,1-4H3. The molecule has 7 nitrogen and oxygen atoms in total. The number of carbonyl (C=O) groups is 2. The minimum Gasteiger partial charge on any atom is -0.339 e. The number of nitrogens with zero attached hydrogens (tertiary/aromatic N) is 4. The molecule has 1 aromatic heterocycles. The van der Waals surface area contributed by atoms with Crippen molar-refractivity contribution in [2.24, 2.45) is 10.6 Å². The van der Waals surface area contributed by atoms with Crippen LogP contribution in [0.4, 0.5) is 18.9 Å². The maximum absolute atomic E-state index is 13.3. The number of piperidine rings is 1. The van der Waals surface area contributed by atoms with E-state index in [0.29, 0.717) is 44.2 Å². The molecular weight excluding hydrogens is 461 g/mol. The Morgan fingerprint density at radius 1 is 0.971 bits per heavy atom. The summed E-state index contributed by atoms with van der Waals surface area (Å²) in [6.07, 6.45) is -3.62. The van der Waals surface area contributed by atoms with E-state index in [1.165, 1.54) is 6.07 Å². The van der Waals surface area contributed by atoms with Crippen molar-refractivity contribution in [2.75, 3.05) is 26.7 Å². The van der Waals surface area contributed by atoms with Gasteiger partial charge in [-0.3, -0.25) is 14.5 Å². The van der Waals surface area contributed by atoms with E-state index >= 15 is 0 Å². The first-order chi connectivity index (χ1) is 16.3. The number of likely N-dealkylation sites (N-methyl/N-ethyl adjacent to an activating group) is 1. The number of carbonyl (C=O) groups excluding carboxylic acids is 2. The number of likely N-dealkylation sites (tertiary alicyclic amines) is 1. The van der Waals surface area contributed by atoms with Crippen molar-refractivity contribution in [3.8, 4) is 0 Å². The molecule has 0 radical (unpaired) electrons. The number of rotatable bonds is 3. The normalized spacial score (nSPS) is 18.4. The highest BCUT2D eigenvalue weighted by atomic mass is 19.4. The van der Waals surface area contributed by atoms with Crippen LogP contribution in [0.2, 0.25) is 0 Å². The first kappa shape index (κ1) is 25.1. The van der Waals surface area contributed by atoms with Gasteiger partial charge in [-0.15, -0.1) is 4.91 Å². The van der Waals surface area contributed by atoms with Gasteiger partial charge in [0.05, 0.1) is 16.8 Å². The van der Waals surface area contributed by atoms with Crippen LogP contribution < -0.4 is 0 Å². The third kappa shape index (κ3) is 4.28. The Bertz CT molecular complexity index is 1170. The number of hydrogen-bond acceptors (Lipinski definition) is 5. The van der Waals surface area contributed by atoms with Gasteiger partial charge in [0.2, 0.25) is 0 Å². The minimum atomic E-state index is -4.79. The number of benzene rings is 1. The summed E-state index contributed by atoms with van der Waals surface area (Å²) in [7, 11) is 2.03. The van der Waals surface area contributed by atoms with Crippen molar-refractivity contribution in [1.82, 2.24) is 14.4 Å². The third-order valence-corrected chi connectivity index (χ3v) is 7.29. The van der Waals surface area contributed by atoms with Crippen molar-refractivity contribution in [3.05, 3.63) is 57.8 Å². The Morgan fingerprint density at radius 3 is 2.20 bits per heavy atom. The van der Waals surface area contributed by atoms with Crippen LogP contribution in [0.5, 0.6) is 0 Å². The maximum Gasteiger partial charge on any atom is 0.418 e. The Hall–Kier alpha value is -3.01. The van der Waals surface area contributed by atoms with Gasteiger partial charge < -0.3 is 9.47 Å². The second-order valence-electron chi connectivity index (χ2n) is 10.4. The van der Waals surface area contributed by atoms with E-state index in [9.17, 15) is 27.7 Å². The number of halogens is 3. The van der Waals surface area contributed by atoms with Crippen LogP contribution in [0, 0.1) is 10.3 Å². The molecule has 0 N–H and O–H groups in total. The molecule has 3 heterocycles. The van der Waals surface area contributed by atoms with Crippen molar-refractivity contribution < 1.29 is 22.8 Å². The molecule has 1 amide bonds. The van der Waals surface area contributed by atoms with Crippen molar-refractivity contribution in [1.29, 1.82) is 0 Å². The number of hydrogen-bond donors (Lipinski definition) is 0. The van der Waals surface area contributed by atoms with E-state index in [4.69, 9.17) is 0 Å². The summed E-state index contributed by atoms with van der Waals surface area (Å²) in [5.74, 6) is -0.440. The molecule has 2 aromatic rings. The molecule has 2 aliphatic rings. The van der Waals surface area contributed by atoms with E-state index in [0.717, 1.165) is 18.3 Å². The number of ketones is 1. The van der Waals surface area contributed by atoms with E-state index in [1.54, 1.807) is 4.90 Å². The number of amides is 1. The molecule has 0 aliphatic carbocycles. The summed E-state index contributed by atoms with van der Waals surface area (Å²) < 4.78 is 42.0. The van der Waals surface area contributed by atoms with Crippen LogP contribution in [0.1, 0.15) is 65.7 Å². The summed E-state index contributed by atoms with van der Waals surface area (Å²) in [4.78, 5) is 40.7. The lowest BCUT2D eigenvalue weighted by molar-refractivity contribution is -0.137. The average molecular weight is 491 g/mol. The summed E-state index contributed by atoms with van der Waals surface area (Å²) >= 11 is 0. The van der Waals surface area contributed by atoms with E-state index in [1.807, 2.05) is 40.0 Å². The van der Waals surface area contributed by atoms with Crippen molar-refractivity contribution in [3.63, 3.8) is 0 Å². The monoisotopic (exact) mass is 490 g/mol. The number of fused-ring (bicyclic) bond motifs is 2. The fourth-order valence-electron chi connectivity index (χ4n) is 5.23. The van der Waals surface area contributed by atoms with Crippen LogP contribution >= 0.6 is 0 Å². The molecule has 1 saturated heterocycles. The predicted molar refractivity (Wildman–Crippen MR) is 125 cm³/mol. The smallest absolute Gasteiger partial charge is 0.339 e. The highest BCUT2D eigenvalue weighted by molar-refractivity contribution is 5.98. The maximum atomic E-state index is 13.3. The average Bonchev–Trinajstić information content (AvgIpc) is 3.24. The molecular formula is C25H29F3N4O3. The summed E-state index contributed by atoms with van der Waals surface area (Å²) in [6.45, 7) is 7.83. The lowest BCUT2D eigenvalue weighted by Crippen LogP contribution is -2.56. The Labute approximate surface area is 201 Å². The van der Waals surface area contributed by atoms with E-state index < -0.39 is 28.7 Å². The van der Waals surface area contributed by atoms with E-state index in [-0.39, 0.29) is 16.9 Å². The molecule has 0 saturated carbocycles. The largest absolute Gasteiger partial charge is 0.418 e. The van der Waals surface area contributed by atoms with Crippen LogP contribution in [0.25, 0.3) is 0 Å². The molecule has 35 heavy (non-hydrogen) atoms. The number of alkyl halides is 3. The van der Waals surface area contributed by atoms with Crippen LogP contribution in [-0.4, -0.2) is 52.7 Å². The van der Waals surface area contributed by atoms with Crippen LogP contribution in [0.15, 0.2) is 35.5 Å². The minimum absolute atomic E-state index is 0.0739. The quantitative estimate of drug-likeness (QED) is 0.437. The highest BCUT2D eigenvalue weighted by Crippen LogP contribution is 2.43. The van der Waals surface area contributed by atoms with Gasteiger partial charge in [-0.25, -0.2) is 0 Å². The van der Waals surface area contributed by atoms with Gasteiger partial charge in [-0.1, -0.05) is 20.8 Å². The highest BCUT2D eigenvalue weighted by Gasteiger charge is 2.46. The zero-order valence-electron chi connectivity index (χ0n) is 20.3. The number of Topliss-reactive ketones (excluding diaryl/α,β-unsaturated/α-hetero) is 1. The first-order valence-electron chi connectivity index (χ1n) is 11.6. The van der Waals surface area contributed by atoms with Gasteiger partial charge in [0, 0.05) is 42.9 Å². The van der Waals surface area contributed by atoms with E-state index in [2.05, 4.69) is 14.6 Å². The van der Waals surface area contributed by atoms with Crippen molar-refractivity contribution in [2.45, 2.75) is 51.9 Å². The fourth-order valence-corrected chi connectivity index (χ4v) is 5.23. The van der Waals surface area contributed by atoms with Gasteiger partial charge in [0.25, 0.3) is 5.91 Å². The second kappa shape index (κ2) is 8.58. The molecule has 0 bridgehead atoms. The van der Waals surface area contributed by atoms with Crippen LogP contribution in [0.3, 0.4) is 0 Å². The molecule has 4 rings (SSSR count). The summed E-state index contributed by atoms with van der Waals surface area (Å²) in [6, 6.07) is 6.71. The number of nitroso groups, excluding NO2 is 1. The zero-order chi connectivity index (χ0) is 25.8. The van der Waals surface area contributed by atoms with Crippen LogP contribution in [-0.2, 0) is 18.3 Å². The predicted octanol–water partition coefficient (Wildman–Crippen LogP) is 5.21. The molecule has 1 spiro atoms. The number of aromatic nitrogens is 1. The lowest BCUT2D eigenvalue weighted by atomic mass is 9.81. The Balaban J connectivity index is 1.58. The SMILES string of the molecule is CN1CCn2c(C(=O)C(C)(C)C)ccc2C12CCN(C(=O)c1ccc(N=O)c(C(F)(F)F)c1)CC2. The third-order valence-electron chi connectivity index (χ3n) is 7.29. The zero-order valence-corrected chi connectivity index (χ0v) is 20.3. The fraction of sp³-hybridized carbons (Fsp3) is 0.520. The molecule has 1 fully saturated rings. The lowest BCUT2D eigenvalue weighted by Gasteiger charge is -2.50. The molecule has 188 valence electrons. The molecule has 1 aromatic carbocycles. The Kier molecular flexibility index (Phi) is 6.15. The van der Waals surface area contributed by atoms with Crippen molar-refractivity contribution >= 4 is 17.4 Å². The van der Waals surface area contributed by atoms with Gasteiger partial charge >= 0.3 is 6.18 Å². The molecule has 0 unspecified atom stereocenters. The molecule has 2 aliphatic heterocycles. The van der Waals surface area contributed by atoms with Gasteiger partial charge in [0.15, 0.2) is 5.78 Å². The van der Waals surface area contributed by atoms with Gasteiger partial charge in [0.1, 0.15) is 5.69 Å². The first-order valence-corrected chi connectivity index (χ1v) is 11.6. The molecule has 10 heteroatoms.